The number of rotatable bonds is 6. The van der Waals surface area contributed by atoms with Gasteiger partial charge in [-0.1, -0.05) is 48.5 Å². The fraction of sp³-hybridized carbons (Fsp3) is 0.118. The number of carbonyl (C=O) groups is 1. The fourth-order valence-corrected chi connectivity index (χ4v) is 1.77. The third-order valence-corrected chi connectivity index (χ3v) is 2.79. The van der Waals surface area contributed by atoms with Crippen molar-refractivity contribution in [2.75, 3.05) is 6.61 Å². The van der Waals surface area contributed by atoms with Crippen molar-refractivity contribution in [2.24, 2.45) is 0 Å². The van der Waals surface area contributed by atoms with Gasteiger partial charge in [-0.15, -0.1) is 0 Å². The van der Waals surface area contributed by atoms with Gasteiger partial charge in [-0.2, -0.15) is 0 Å². The van der Waals surface area contributed by atoms with Crippen LogP contribution in [0.4, 0.5) is 0 Å². The Bertz CT molecular complexity index is 571. The Morgan fingerprint density at radius 2 is 1.75 bits per heavy atom. The van der Waals surface area contributed by atoms with Crippen molar-refractivity contribution in [3.05, 3.63) is 71.8 Å². The Morgan fingerprint density at radius 1 is 1.05 bits per heavy atom. The highest BCUT2D eigenvalue weighted by Crippen LogP contribution is 2.13. The summed E-state index contributed by atoms with van der Waals surface area (Å²) < 4.78 is 5.64. The van der Waals surface area contributed by atoms with Gasteiger partial charge in [-0.3, -0.25) is 0 Å². The number of aliphatic carboxylic acids is 1. The van der Waals surface area contributed by atoms with Gasteiger partial charge in [0, 0.05) is 6.42 Å². The van der Waals surface area contributed by atoms with Crippen LogP contribution >= 0.6 is 0 Å². The Balaban J connectivity index is 1.83. The number of benzene rings is 2. The maximum atomic E-state index is 10.3. The molecule has 3 nitrogen and oxygen atoms in total. The molecule has 0 aromatic heterocycles. The second kappa shape index (κ2) is 7.14. The molecule has 2 aromatic carbocycles. The van der Waals surface area contributed by atoms with Crippen molar-refractivity contribution in [1.82, 2.24) is 0 Å². The van der Waals surface area contributed by atoms with Gasteiger partial charge in [-0.25, -0.2) is 0 Å². The topological polar surface area (TPSA) is 49.4 Å². The highest BCUT2D eigenvalue weighted by molar-refractivity contribution is 5.83. The van der Waals surface area contributed by atoms with E-state index in [1.165, 1.54) is 11.6 Å². The molecule has 0 aliphatic carbocycles. The van der Waals surface area contributed by atoms with Gasteiger partial charge in [0.1, 0.15) is 5.75 Å². The third kappa shape index (κ3) is 4.61. The van der Waals surface area contributed by atoms with Gasteiger partial charge in [0.15, 0.2) is 0 Å². The number of carboxylic acids is 1. The minimum atomic E-state index is -1.20. The van der Waals surface area contributed by atoms with Crippen LogP contribution in [0, 0.1) is 0 Å². The molecule has 0 fully saturated rings. The van der Waals surface area contributed by atoms with Gasteiger partial charge < -0.3 is 14.6 Å². The highest BCUT2D eigenvalue weighted by Gasteiger charge is 1.95. The molecule has 2 rings (SSSR count). The van der Waals surface area contributed by atoms with Crippen molar-refractivity contribution in [3.63, 3.8) is 0 Å². The highest BCUT2D eigenvalue weighted by atomic mass is 16.5. The molecule has 0 heterocycles. The lowest BCUT2D eigenvalue weighted by atomic mass is 10.2. The number of ether oxygens (including phenoxy) is 1. The van der Waals surface area contributed by atoms with Crippen LogP contribution in [0.1, 0.15) is 11.1 Å². The van der Waals surface area contributed by atoms with Crippen molar-refractivity contribution < 1.29 is 14.6 Å². The standard InChI is InChI=1S/C17H16O3/c18-17(19)11-8-15-6-9-16(10-7-15)20-13-12-14-4-2-1-3-5-14/h1-11H,12-13H2,(H,18,19)/p-1/b11-8+. The van der Waals surface area contributed by atoms with Gasteiger partial charge in [0.25, 0.3) is 0 Å². The van der Waals surface area contributed by atoms with E-state index in [-0.39, 0.29) is 0 Å². The molecule has 0 saturated heterocycles. The zero-order chi connectivity index (χ0) is 14.2. The molecule has 2 aromatic rings. The average Bonchev–Trinajstić information content (AvgIpc) is 2.47. The molecule has 20 heavy (non-hydrogen) atoms. The summed E-state index contributed by atoms with van der Waals surface area (Å²) >= 11 is 0. The minimum Gasteiger partial charge on any atom is -0.545 e. The van der Waals surface area contributed by atoms with E-state index in [1.807, 2.05) is 30.3 Å². The number of carbonyl (C=O) groups excluding carboxylic acids is 1. The first-order valence-corrected chi connectivity index (χ1v) is 6.40. The van der Waals surface area contributed by atoms with Crippen LogP contribution in [0.3, 0.4) is 0 Å². The van der Waals surface area contributed by atoms with Crippen molar-refractivity contribution in [3.8, 4) is 5.75 Å². The molecule has 0 radical (unpaired) electrons. The first kappa shape index (κ1) is 13.9. The largest absolute Gasteiger partial charge is 0.545 e. The molecule has 0 amide bonds. The van der Waals surface area contributed by atoms with Crippen molar-refractivity contribution >= 4 is 12.0 Å². The number of carboxylic acid groups (broad SMARTS) is 1. The van der Waals surface area contributed by atoms with Crippen LogP contribution in [0.25, 0.3) is 6.08 Å². The predicted molar refractivity (Wildman–Crippen MR) is 76.1 cm³/mol. The SMILES string of the molecule is O=C([O-])/C=C/c1ccc(OCCc2ccccc2)cc1. The van der Waals surface area contributed by atoms with Gasteiger partial charge in [0.2, 0.25) is 0 Å². The van der Waals surface area contributed by atoms with E-state index < -0.39 is 5.97 Å². The van der Waals surface area contributed by atoms with Crippen LogP contribution in [0.15, 0.2) is 60.7 Å². The van der Waals surface area contributed by atoms with Gasteiger partial charge in [-0.05, 0) is 29.3 Å². The Hall–Kier alpha value is -2.55. The Kier molecular flexibility index (Phi) is 4.95. The first-order valence-electron chi connectivity index (χ1n) is 6.40. The summed E-state index contributed by atoms with van der Waals surface area (Å²) in [6, 6.07) is 17.4. The molecular weight excluding hydrogens is 252 g/mol. The molecule has 0 spiro atoms. The van der Waals surface area contributed by atoms with E-state index in [4.69, 9.17) is 4.74 Å². The zero-order valence-electron chi connectivity index (χ0n) is 11.0. The molecule has 0 aliphatic rings. The van der Waals surface area contributed by atoms with Crippen molar-refractivity contribution in [2.45, 2.75) is 6.42 Å². The molecule has 0 bridgehead atoms. The van der Waals surface area contributed by atoms with Crippen LogP contribution < -0.4 is 9.84 Å². The summed E-state index contributed by atoms with van der Waals surface area (Å²) in [5, 5.41) is 10.3. The van der Waals surface area contributed by atoms with Crippen LogP contribution in [0.2, 0.25) is 0 Å². The van der Waals surface area contributed by atoms with E-state index in [9.17, 15) is 9.90 Å². The number of hydrogen-bond acceptors (Lipinski definition) is 3. The average molecular weight is 267 g/mol. The number of hydrogen-bond donors (Lipinski definition) is 0. The maximum absolute atomic E-state index is 10.3. The van der Waals surface area contributed by atoms with Crippen molar-refractivity contribution in [1.29, 1.82) is 0 Å². The maximum Gasteiger partial charge on any atom is 0.119 e. The van der Waals surface area contributed by atoms with Gasteiger partial charge >= 0.3 is 0 Å². The third-order valence-electron chi connectivity index (χ3n) is 2.79. The Morgan fingerprint density at radius 3 is 2.40 bits per heavy atom. The van der Waals surface area contributed by atoms with Crippen LogP contribution in [-0.2, 0) is 11.2 Å². The van der Waals surface area contributed by atoms with Gasteiger partial charge in [0.05, 0.1) is 12.6 Å². The summed E-state index contributed by atoms with van der Waals surface area (Å²) in [7, 11) is 0. The minimum absolute atomic E-state index is 0.609. The summed E-state index contributed by atoms with van der Waals surface area (Å²) in [4.78, 5) is 10.3. The van der Waals surface area contributed by atoms with Crippen LogP contribution in [-0.4, -0.2) is 12.6 Å². The second-order valence-electron chi connectivity index (χ2n) is 4.31. The quantitative estimate of drug-likeness (QED) is 0.753. The predicted octanol–water partition coefficient (Wildman–Crippen LogP) is 2.07. The normalized spacial score (nSPS) is 10.6. The molecule has 0 unspecified atom stereocenters. The Labute approximate surface area is 118 Å². The van der Waals surface area contributed by atoms with Crippen LogP contribution in [0.5, 0.6) is 5.75 Å². The molecule has 3 heteroatoms. The molecule has 0 atom stereocenters. The lowest BCUT2D eigenvalue weighted by Gasteiger charge is -2.06. The lowest BCUT2D eigenvalue weighted by molar-refractivity contribution is -0.297. The lowest BCUT2D eigenvalue weighted by Crippen LogP contribution is -2.18. The molecule has 0 saturated carbocycles. The summed E-state index contributed by atoms with van der Waals surface area (Å²) in [5.41, 5.74) is 2.03. The molecular formula is C17H15O3-. The zero-order valence-corrected chi connectivity index (χ0v) is 11.0. The molecule has 0 N–H and O–H groups in total. The van der Waals surface area contributed by atoms with E-state index in [1.54, 1.807) is 12.1 Å². The smallest absolute Gasteiger partial charge is 0.119 e. The molecule has 102 valence electrons. The van der Waals surface area contributed by atoms with E-state index in [0.29, 0.717) is 6.61 Å². The monoisotopic (exact) mass is 267 g/mol. The summed E-state index contributed by atoms with van der Waals surface area (Å²) in [5.74, 6) is -0.431. The van der Waals surface area contributed by atoms with E-state index in [2.05, 4.69) is 12.1 Å². The first-order chi connectivity index (χ1) is 9.74. The van der Waals surface area contributed by atoms with E-state index in [0.717, 1.165) is 23.8 Å². The summed E-state index contributed by atoms with van der Waals surface area (Å²) in [6.45, 7) is 0.609. The second-order valence-corrected chi connectivity index (χ2v) is 4.31. The fourth-order valence-electron chi connectivity index (χ4n) is 1.77. The van der Waals surface area contributed by atoms with E-state index >= 15 is 0 Å². The summed E-state index contributed by atoms with van der Waals surface area (Å²) in [6.07, 6.45) is 3.35. The molecule has 0 aliphatic heterocycles.